The number of hydrogen-bond acceptors (Lipinski definition) is 7. The third-order valence-electron chi connectivity index (χ3n) is 4.42. The maximum absolute atomic E-state index is 12.5. The second-order valence-electron chi connectivity index (χ2n) is 6.18. The van der Waals surface area contributed by atoms with Crippen LogP contribution < -0.4 is 4.74 Å². The van der Waals surface area contributed by atoms with Crippen LogP contribution in [-0.4, -0.2) is 51.5 Å². The molecule has 9 heteroatoms. The summed E-state index contributed by atoms with van der Waals surface area (Å²) in [5.41, 5.74) is 1.09. The largest absolute Gasteiger partial charge is 0.496 e. The fraction of sp³-hybridized carbons (Fsp3) is 0.300. The molecule has 2 aromatic carbocycles. The van der Waals surface area contributed by atoms with Crippen molar-refractivity contribution in [2.24, 2.45) is 0 Å². The van der Waals surface area contributed by atoms with Crippen molar-refractivity contribution in [3.05, 3.63) is 59.2 Å². The van der Waals surface area contributed by atoms with E-state index in [2.05, 4.69) is 0 Å². The third-order valence-corrected chi connectivity index (χ3v) is 6.26. The zero-order chi connectivity index (χ0) is 21.0. The number of carbonyl (C=O) groups excluding carboxylic acids is 2. The maximum atomic E-state index is 12.5. The van der Waals surface area contributed by atoms with Gasteiger partial charge in [-0.25, -0.2) is 17.5 Å². The van der Waals surface area contributed by atoms with E-state index in [0.29, 0.717) is 17.9 Å². The van der Waals surface area contributed by atoms with E-state index in [1.807, 2.05) is 6.92 Å². The minimum Gasteiger partial charge on any atom is -0.496 e. The Morgan fingerprint density at radius 2 is 1.90 bits per heavy atom. The van der Waals surface area contributed by atoms with Gasteiger partial charge in [-0.2, -0.15) is 0 Å². The van der Waals surface area contributed by atoms with Gasteiger partial charge in [0.2, 0.25) is 0 Å². The minimum atomic E-state index is -3.92. The molecule has 3 rings (SSSR count). The summed E-state index contributed by atoms with van der Waals surface area (Å²) in [6.45, 7) is 2.13. The molecule has 1 aliphatic heterocycles. The highest BCUT2D eigenvalue weighted by Gasteiger charge is 2.40. The molecule has 0 atom stereocenters. The van der Waals surface area contributed by atoms with E-state index in [9.17, 15) is 18.0 Å². The SMILES string of the molecule is CCOCc1cc(C(=O)OCCN2C(=O)c3ccccc3S2(=O)=O)ccc1OC. The van der Waals surface area contributed by atoms with Crippen LogP contribution in [0.4, 0.5) is 0 Å². The Morgan fingerprint density at radius 3 is 2.59 bits per heavy atom. The van der Waals surface area contributed by atoms with Gasteiger partial charge in [-0.1, -0.05) is 12.1 Å². The molecule has 1 heterocycles. The molecule has 8 nitrogen and oxygen atoms in total. The molecule has 29 heavy (non-hydrogen) atoms. The number of ether oxygens (including phenoxy) is 3. The Morgan fingerprint density at radius 1 is 1.14 bits per heavy atom. The number of carbonyl (C=O) groups is 2. The maximum Gasteiger partial charge on any atom is 0.338 e. The molecular formula is C20H21NO7S. The highest BCUT2D eigenvalue weighted by atomic mass is 32.2. The second kappa shape index (κ2) is 8.62. The van der Waals surface area contributed by atoms with Crippen LogP contribution >= 0.6 is 0 Å². The number of amides is 1. The predicted octanol–water partition coefficient (Wildman–Crippen LogP) is 2.23. The summed E-state index contributed by atoms with van der Waals surface area (Å²) >= 11 is 0. The molecule has 0 aliphatic carbocycles. The summed E-state index contributed by atoms with van der Waals surface area (Å²) in [5.74, 6) is -0.673. The molecule has 0 saturated carbocycles. The van der Waals surface area contributed by atoms with Gasteiger partial charge in [0, 0.05) is 12.2 Å². The van der Waals surface area contributed by atoms with E-state index in [4.69, 9.17) is 14.2 Å². The average molecular weight is 419 g/mol. The van der Waals surface area contributed by atoms with Crippen molar-refractivity contribution in [3.63, 3.8) is 0 Å². The lowest BCUT2D eigenvalue weighted by molar-refractivity contribution is 0.0477. The van der Waals surface area contributed by atoms with Crippen molar-refractivity contribution in [2.75, 3.05) is 26.9 Å². The molecule has 0 unspecified atom stereocenters. The van der Waals surface area contributed by atoms with Gasteiger partial charge in [-0.15, -0.1) is 0 Å². The van der Waals surface area contributed by atoms with Crippen LogP contribution in [-0.2, 0) is 26.1 Å². The first-order valence-electron chi connectivity index (χ1n) is 8.98. The molecule has 0 bridgehead atoms. The first-order valence-corrected chi connectivity index (χ1v) is 10.4. The minimum absolute atomic E-state index is 0.0351. The highest BCUT2D eigenvalue weighted by molar-refractivity contribution is 7.90. The van der Waals surface area contributed by atoms with Gasteiger partial charge in [0.1, 0.15) is 17.3 Å². The number of rotatable bonds is 8. The molecule has 0 radical (unpaired) electrons. The normalized spacial score (nSPS) is 14.6. The Hall–Kier alpha value is -2.91. The molecule has 1 amide bonds. The van der Waals surface area contributed by atoms with Gasteiger partial charge in [-0.05, 0) is 37.3 Å². The van der Waals surface area contributed by atoms with E-state index in [1.54, 1.807) is 30.3 Å². The Labute approximate surface area is 169 Å². The van der Waals surface area contributed by atoms with Crippen molar-refractivity contribution in [1.29, 1.82) is 0 Å². The summed E-state index contributed by atoms with van der Waals surface area (Å²) in [4.78, 5) is 24.7. The molecule has 1 aliphatic rings. The summed E-state index contributed by atoms with van der Waals surface area (Å²) < 4.78 is 41.5. The lowest BCUT2D eigenvalue weighted by Gasteiger charge is -2.15. The van der Waals surface area contributed by atoms with Crippen LogP contribution in [0.3, 0.4) is 0 Å². The van der Waals surface area contributed by atoms with Crippen LogP contribution in [0.5, 0.6) is 5.75 Å². The fourth-order valence-electron chi connectivity index (χ4n) is 2.99. The van der Waals surface area contributed by atoms with Crippen LogP contribution in [0.2, 0.25) is 0 Å². The molecule has 154 valence electrons. The van der Waals surface area contributed by atoms with Crippen molar-refractivity contribution < 1.29 is 32.2 Å². The van der Waals surface area contributed by atoms with Gasteiger partial charge >= 0.3 is 5.97 Å². The molecule has 0 fully saturated rings. The van der Waals surface area contributed by atoms with E-state index in [0.717, 1.165) is 4.31 Å². The third kappa shape index (κ3) is 4.10. The first kappa shape index (κ1) is 20.8. The smallest absolute Gasteiger partial charge is 0.338 e. The number of methoxy groups -OCH3 is 1. The summed E-state index contributed by atoms with van der Waals surface area (Å²) in [6, 6.07) is 10.8. The predicted molar refractivity (Wildman–Crippen MR) is 103 cm³/mol. The van der Waals surface area contributed by atoms with Crippen LogP contribution in [0.1, 0.15) is 33.2 Å². The van der Waals surface area contributed by atoms with Crippen molar-refractivity contribution >= 4 is 21.9 Å². The van der Waals surface area contributed by atoms with E-state index >= 15 is 0 Å². The number of hydrogen-bond donors (Lipinski definition) is 0. The lowest BCUT2D eigenvalue weighted by Crippen LogP contribution is -2.33. The molecular weight excluding hydrogens is 398 g/mol. The average Bonchev–Trinajstić information content (AvgIpc) is 2.92. The van der Waals surface area contributed by atoms with Crippen LogP contribution in [0, 0.1) is 0 Å². The second-order valence-corrected chi connectivity index (χ2v) is 8.01. The highest BCUT2D eigenvalue weighted by Crippen LogP contribution is 2.29. The summed E-state index contributed by atoms with van der Waals surface area (Å²) in [7, 11) is -2.40. The molecule has 2 aromatic rings. The van der Waals surface area contributed by atoms with E-state index in [1.165, 1.54) is 19.2 Å². The Kier molecular flexibility index (Phi) is 6.19. The summed E-state index contributed by atoms with van der Waals surface area (Å²) in [6.07, 6.45) is 0. The van der Waals surface area contributed by atoms with Crippen LogP contribution in [0.15, 0.2) is 47.4 Å². The topological polar surface area (TPSA) is 99.2 Å². The number of esters is 1. The summed E-state index contributed by atoms with van der Waals surface area (Å²) in [5, 5.41) is 0. The van der Waals surface area contributed by atoms with Gasteiger partial charge in [-0.3, -0.25) is 4.79 Å². The van der Waals surface area contributed by atoms with Gasteiger partial charge in [0.15, 0.2) is 0 Å². The Bertz CT molecular complexity index is 1030. The Balaban J connectivity index is 1.66. The molecule has 0 saturated heterocycles. The molecule has 0 N–H and O–H groups in total. The number of nitrogens with zero attached hydrogens (tertiary/aromatic N) is 1. The zero-order valence-electron chi connectivity index (χ0n) is 16.1. The molecule has 0 spiro atoms. The lowest BCUT2D eigenvalue weighted by atomic mass is 10.1. The zero-order valence-corrected chi connectivity index (χ0v) is 16.9. The van der Waals surface area contributed by atoms with Crippen LogP contribution in [0.25, 0.3) is 0 Å². The first-order chi connectivity index (χ1) is 13.9. The monoisotopic (exact) mass is 419 g/mol. The van der Waals surface area contributed by atoms with Crippen molar-refractivity contribution in [2.45, 2.75) is 18.4 Å². The fourth-order valence-corrected chi connectivity index (χ4v) is 4.54. The van der Waals surface area contributed by atoms with Gasteiger partial charge in [0.25, 0.3) is 15.9 Å². The molecule has 0 aromatic heterocycles. The van der Waals surface area contributed by atoms with Crippen molar-refractivity contribution in [3.8, 4) is 5.75 Å². The van der Waals surface area contributed by atoms with Gasteiger partial charge < -0.3 is 14.2 Å². The van der Waals surface area contributed by atoms with E-state index < -0.39 is 21.9 Å². The van der Waals surface area contributed by atoms with Gasteiger partial charge in [0.05, 0.1) is 31.4 Å². The van der Waals surface area contributed by atoms with E-state index in [-0.39, 0.29) is 35.8 Å². The standard InChI is InChI=1S/C20H21NO7S/c1-3-27-13-15-12-14(8-9-17(15)26-2)20(23)28-11-10-21-19(22)16-6-4-5-7-18(16)29(21,24)25/h4-9,12H,3,10-11,13H2,1-2H3. The number of benzene rings is 2. The quantitative estimate of drug-likeness (QED) is 0.605. The number of sulfonamides is 1. The number of fused-ring (bicyclic) bond motifs is 1. The van der Waals surface area contributed by atoms with Crippen molar-refractivity contribution in [1.82, 2.24) is 4.31 Å².